The molecule has 0 aromatic heterocycles. The van der Waals surface area contributed by atoms with Gasteiger partial charge in [0.2, 0.25) is 0 Å². The molecule has 20 heavy (non-hydrogen) atoms. The van der Waals surface area contributed by atoms with Crippen molar-refractivity contribution < 1.29 is 18.7 Å². The molecule has 2 rings (SSSR count). The Hall–Kier alpha value is -2.07. The highest BCUT2D eigenvalue weighted by atomic mass is 35.5. The summed E-state index contributed by atoms with van der Waals surface area (Å²) in [6.45, 7) is 0.233. The Morgan fingerprint density at radius 1 is 1.15 bits per heavy atom. The van der Waals surface area contributed by atoms with E-state index in [1.807, 2.05) is 0 Å². The molecule has 0 saturated carbocycles. The lowest BCUT2D eigenvalue weighted by atomic mass is 10.2. The smallest absolute Gasteiger partial charge is 0.252 e. The summed E-state index contributed by atoms with van der Waals surface area (Å²) < 4.78 is 23.5. The van der Waals surface area contributed by atoms with Gasteiger partial charge in [-0.05, 0) is 47.5 Å². The van der Waals surface area contributed by atoms with Crippen LogP contribution in [0.4, 0.5) is 4.39 Å². The van der Waals surface area contributed by atoms with Crippen LogP contribution in [0.2, 0.25) is 0 Å². The third kappa shape index (κ3) is 3.48. The zero-order valence-corrected chi connectivity index (χ0v) is 11.5. The van der Waals surface area contributed by atoms with Crippen molar-refractivity contribution >= 4 is 16.8 Å². The second-order valence-electron chi connectivity index (χ2n) is 4.05. The zero-order chi connectivity index (χ0) is 14.5. The largest absolute Gasteiger partial charge is 0.493 e. The van der Waals surface area contributed by atoms with E-state index in [-0.39, 0.29) is 12.4 Å². The standard InChI is InChI=1S/C15H12ClFO3/c1-19-13-7-4-11(15(16)18)8-14(13)20-9-10-2-5-12(17)6-3-10/h2-8H,9H2,1H3. The Labute approximate surface area is 120 Å². The molecule has 0 aliphatic heterocycles. The quantitative estimate of drug-likeness (QED) is 0.787. The van der Waals surface area contributed by atoms with Gasteiger partial charge in [-0.15, -0.1) is 0 Å². The van der Waals surface area contributed by atoms with Gasteiger partial charge in [-0.2, -0.15) is 0 Å². The van der Waals surface area contributed by atoms with Crippen molar-refractivity contribution in [2.45, 2.75) is 6.61 Å². The van der Waals surface area contributed by atoms with Crippen molar-refractivity contribution in [2.75, 3.05) is 7.11 Å². The summed E-state index contributed by atoms with van der Waals surface area (Å²) in [7, 11) is 1.50. The Morgan fingerprint density at radius 2 is 1.85 bits per heavy atom. The molecule has 2 aromatic carbocycles. The summed E-state index contributed by atoms with van der Waals surface area (Å²) >= 11 is 5.43. The third-order valence-electron chi connectivity index (χ3n) is 2.70. The van der Waals surface area contributed by atoms with Crippen LogP contribution < -0.4 is 9.47 Å². The average molecular weight is 295 g/mol. The van der Waals surface area contributed by atoms with Crippen molar-refractivity contribution in [2.24, 2.45) is 0 Å². The first-order valence-corrected chi connectivity index (χ1v) is 6.23. The Kier molecular flexibility index (Phi) is 4.58. The summed E-state index contributed by atoms with van der Waals surface area (Å²) in [4.78, 5) is 11.1. The lowest BCUT2D eigenvalue weighted by Crippen LogP contribution is -1.99. The minimum Gasteiger partial charge on any atom is -0.493 e. The number of ether oxygens (including phenoxy) is 2. The van der Waals surface area contributed by atoms with Gasteiger partial charge in [0.1, 0.15) is 12.4 Å². The molecule has 0 atom stereocenters. The van der Waals surface area contributed by atoms with Crippen LogP contribution in [0.5, 0.6) is 11.5 Å². The van der Waals surface area contributed by atoms with Crippen molar-refractivity contribution in [3.63, 3.8) is 0 Å². The number of rotatable bonds is 5. The van der Waals surface area contributed by atoms with E-state index < -0.39 is 5.24 Å². The third-order valence-corrected chi connectivity index (χ3v) is 2.92. The molecule has 0 amide bonds. The predicted octanol–water partition coefficient (Wildman–Crippen LogP) is 3.79. The van der Waals surface area contributed by atoms with Gasteiger partial charge in [-0.25, -0.2) is 4.39 Å². The van der Waals surface area contributed by atoms with Gasteiger partial charge in [-0.1, -0.05) is 12.1 Å². The number of carbonyl (C=O) groups is 1. The van der Waals surface area contributed by atoms with E-state index >= 15 is 0 Å². The summed E-state index contributed by atoms with van der Waals surface area (Å²) in [6.07, 6.45) is 0. The molecule has 104 valence electrons. The minimum absolute atomic E-state index is 0.233. The van der Waals surface area contributed by atoms with Crippen LogP contribution in [-0.4, -0.2) is 12.4 Å². The normalized spacial score (nSPS) is 10.2. The van der Waals surface area contributed by atoms with Gasteiger partial charge in [-0.3, -0.25) is 4.79 Å². The first kappa shape index (κ1) is 14.3. The van der Waals surface area contributed by atoms with Crippen molar-refractivity contribution in [1.82, 2.24) is 0 Å². The number of methoxy groups -OCH3 is 1. The van der Waals surface area contributed by atoms with Gasteiger partial charge in [0.25, 0.3) is 5.24 Å². The zero-order valence-electron chi connectivity index (χ0n) is 10.7. The number of benzene rings is 2. The van der Waals surface area contributed by atoms with E-state index in [0.29, 0.717) is 17.1 Å². The van der Waals surface area contributed by atoms with E-state index in [0.717, 1.165) is 5.56 Å². The van der Waals surface area contributed by atoms with E-state index in [1.54, 1.807) is 24.3 Å². The highest BCUT2D eigenvalue weighted by Gasteiger charge is 2.09. The van der Waals surface area contributed by atoms with Crippen LogP contribution >= 0.6 is 11.6 Å². The molecule has 0 unspecified atom stereocenters. The molecule has 0 N–H and O–H groups in total. The highest BCUT2D eigenvalue weighted by molar-refractivity contribution is 6.67. The molecule has 0 aliphatic carbocycles. The maximum atomic E-state index is 12.8. The van der Waals surface area contributed by atoms with Crippen LogP contribution in [0.25, 0.3) is 0 Å². The molecule has 2 aromatic rings. The first-order chi connectivity index (χ1) is 9.60. The van der Waals surface area contributed by atoms with Crippen molar-refractivity contribution in [1.29, 1.82) is 0 Å². The number of carbonyl (C=O) groups excluding carboxylic acids is 1. The second kappa shape index (κ2) is 6.39. The van der Waals surface area contributed by atoms with Crippen LogP contribution in [0.3, 0.4) is 0 Å². The fraction of sp³-hybridized carbons (Fsp3) is 0.133. The summed E-state index contributed by atoms with van der Waals surface area (Å²) in [5.74, 6) is 0.596. The molecule has 0 radical (unpaired) electrons. The SMILES string of the molecule is COc1ccc(C(=O)Cl)cc1OCc1ccc(F)cc1. The van der Waals surface area contributed by atoms with Crippen molar-refractivity contribution in [3.8, 4) is 11.5 Å². The second-order valence-corrected chi connectivity index (χ2v) is 4.40. The summed E-state index contributed by atoms with van der Waals surface area (Å²) in [5.41, 5.74) is 1.12. The van der Waals surface area contributed by atoms with Crippen LogP contribution in [0, 0.1) is 5.82 Å². The van der Waals surface area contributed by atoms with E-state index in [4.69, 9.17) is 21.1 Å². The molecule has 0 spiro atoms. The van der Waals surface area contributed by atoms with E-state index in [9.17, 15) is 9.18 Å². The lowest BCUT2D eigenvalue weighted by molar-refractivity contribution is 0.108. The maximum Gasteiger partial charge on any atom is 0.252 e. The Balaban J connectivity index is 2.16. The maximum absolute atomic E-state index is 12.8. The molecule has 5 heteroatoms. The average Bonchev–Trinajstić information content (AvgIpc) is 2.46. The predicted molar refractivity (Wildman–Crippen MR) is 73.9 cm³/mol. The molecular formula is C15H12ClFO3. The Morgan fingerprint density at radius 3 is 2.45 bits per heavy atom. The van der Waals surface area contributed by atoms with E-state index in [1.165, 1.54) is 25.3 Å². The molecule has 0 saturated heterocycles. The number of halogens is 2. The molecular weight excluding hydrogens is 283 g/mol. The van der Waals surface area contributed by atoms with Gasteiger partial charge in [0.15, 0.2) is 11.5 Å². The topological polar surface area (TPSA) is 35.5 Å². The van der Waals surface area contributed by atoms with E-state index in [2.05, 4.69) is 0 Å². The summed E-state index contributed by atoms with van der Waals surface area (Å²) in [5, 5.41) is -0.570. The van der Waals surface area contributed by atoms with Crippen LogP contribution in [0.15, 0.2) is 42.5 Å². The van der Waals surface area contributed by atoms with Gasteiger partial charge >= 0.3 is 0 Å². The summed E-state index contributed by atoms with van der Waals surface area (Å²) in [6, 6.07) is 10.6. The molecule has 3 nitrogen and oxygen atoms in total. The highest BCUT2D eigenvalue weighted by Crippen LogP contribution is 2.29. The molecule has 0 fully saturated rings. The molecule has 0 aliphatic rings. The first-order valence-electron chi connectivity index (χ1n) is 5.85. The van der Waals surface area contributed by atoms with Gasteiger partial charge in [0, 0.05) is 5.56 Å². The Bertz CT molecular complexity index is 611. The fourth-order valence-corrected chi connectivity index (χ4v) is 1.77. The molecule has 0 bridgehead atoms. The number of hydrogen-bond acceptors (Lipinski definition) is 3. The van der Waals surface area contributed by atoms with Gasteiger partial charge in [0.05, 0.1) is 7.11 Å². The van der Waals surface area contributed by atoms with Crippen LogP contribution in [-0.2, 0) is 6.61 Å². The van der Waals surface area contributed by atoms with Crippen LogP contribution in [0.1, 0.15) is 15.9 Å². The van der Waals surface area contributed by atoms with Gasteiger partial charge < -0.3 is 9.47 Å². The lowest BCUT2D eigenvalue weighted by Gasteiger charge is -2.11. The monoisotopic (exact) mass is 294 g/mol. The fourth-order valence-electron chi connectivity index (χ4n) is 1.65. The van der Waals surface area contributed by atoms with Crippen molar-refractivity contribution in [3.05, 3.63) is 59.4 Å². The minimum atomic E-state index is -0.570. The molecule has 0 heterocycles. The number of hydrogen-bond donors (Lipinski definition) is 0.